The van der Waals surface area contributed by atoms with Crippen molar-refractivity contribution >= 4 is 28.4 Å². The number of oxazole rings is 1. The number of nitro benzene ring substituents is 1. The fourth-order valence-corrected chi connectivity index (χ4v) is 3.04. The zero-order valence-corrected chi connectivity index (χ0v) is 16.2. The van der Waals surface area contributed by atoms with Gasteiger partial charge >= 0.3 is 0 Å². The number of hydrogen-bond donors (Lipinski definition) is 1. The van der Waals surface area contributed by atoms with Gasteiger partial charge in [-0.05, 0) is 43.3 Å². The van der Waals surface area contributed by atoms with Gasteiger partial charge in [0, 0.05) is 34.5 Å². The molecule has 1 aromatic heterocycles. The SMILES string of the molecule is COc1ccc2oc(-c3cccc(NC(=O)c4ccc(C)c([N+](=O)[O-])c4)c3)nc2c1. The minimum Gasteiger partial charge on any atom is -0.497 e. The number of nitrogens with zero attached hydrogens (tertiary/aromatic N) is 2. The third-order valence-corrected chi connectivity index (χ3v) is 4.63. The number of ether oxygens (including phenoxy) is 1. The van der Waals surface area contributed by atoms with E-state index in [1.54, 1.807) is 62.6 Å². The first kappa shape index (κ1) is 19.1. The number of nitro groups is 1. The van der Waals surface area contributed by atoms with E-state index in [4.69, 9.17) is 9.15 Å². The van der Waals surface area contributed by atoms with Gasteiger partial charge in [0.2, 0.25) is 5.89 Å². The molecular formula is C22H17N3O5. The molecule has 0 unspecified atom stereocenters. The lowest BCUT2D eigenvalue weighted by Crippen LogP contribution is -2.12. The molecule has 0 radical (unpaired) electrons. The van der Waals surface area contributed by atoms with E-state index < -0.39 is 10.8 Å². The molecule has 1 heterocycles. The summed E-state index contributed by atoms with van der Waals surface area (Å²) >= 11 is 0. The zero-order chi connectivity index (χ0) is 21.3. The molecule has 0 aliphatic rings. The van der Waals surface area contributed by atoms with Crippen molar-refractivity contribution in [3.05, 3.63) is 81.9 Å². The Bertz CT molecular complexity index is 1280. The number of carbonyl (C=O) groups is 1. The molecule has 3 aromatic carbocycles. The van der Waals surface area contributed by atoms with E-state index >= 15 is 0 Å². The third kappa shape index (κ3) is 3.70. The number of benzene rings is 3. The average Bonchev–Trinajstić information content (AvgIpc) is 3.17. The van der Waals surface area contributed by atoms with E-state index in [9.17, 15) is 14.9 Å². The van der Waals surface area contributed by atoms with Crippen molar-refractivity contribution in [3.8, 4) is 17.2 Å². The lowest BCUT2D eigenvalue weighted by atomic mass is 10.1. The quantitative estimate of drug-likeness (QED) is 0.372. The van der Waals surface area contributed by atoms with E-state index in [1.165, 1.54) is 6.07 Å². The molecule has 0 spiro atoms. The molecule has 4 aromatic rings. The van der Waals surface area contributed by atoms with Gasteiger partial charge in [0.1, 0.15) is 11.3 Å². The Morgan fingerprint density at radius 2 is 1.97 bits per heavy atom. The van der Waals surface area contributed by atoms with Crippen molar-refractivity contribution in [2.24, 2.45) is 0 Å². The summed E-state index contributed by atoms with van der Waals surface area (Å²) in [7, 11) is 1.58. The van der Waals surface area contributed by atoms with Crippen LogP contribution in [0.5, 0.6) is 5.75 Å². The fourth-order valence-electron chi connectivity index (χ4n) is 3.04. The molecule has 1 amide bonds. The summed E-state index contributed by atoms with van der Waals surface area (Å²) in [6.07, 6.45) is 0. The van der Waals surface area contributed by atoms with Gasteiger partial charge in [0.05, 0.1) is 12.0 Å². The van der Waals surface area contributed by atoms with Crippen LogP contribution in [0, 0.1) is 17.0 Å². The van der Waals surface area contributed by atoms with Crippen LogP contribution in [-0.4, -0.2) is 22.9 Å². The van der Waals surface area contributed by atoms with Crippen LogP contribution < -0.4 is 10.1 Å². The molecule has 0 fully saturated rings. The molecule has 150 valence electrons. The number of methoxy groups -OCH3 is 1. The Morgan fingerprint density at radius 1 is 1.13 bits per heavy atom. The van der Waals surface area contributed by atoms with Gasteiger partial charge in [-0.1, -0.05) is 12.1 Å². The Kier molecular flexibility index (Phi) is 4.89. The first-order chi connectivity index (χ1) is 14.4. The second kappa shape index (κ2) is 7.67. The highest BCUT2D eigenvalue weighted by Crippen LogP contribution is 2.28. The van der Waals surface area contributed by atoms with Crippen molar-refractivity contribution in [2.75, 3.05) is 12.4 Å². The predicted molar refractivity (Wildman–Crippen MR) is 112 cm³/mol. The molecule has 8 heteroatoms. The summed E-state index contributed by atoms with van der Waals surface area (Å²) in [6, 6.07) is 16.7. The lowest BCUT2D eigenvalue weighted by molar-refractivity contribution is -0.385. The van der Waals surface area contributed by atoms with Crippen molar-refractivity contribution < 1.29 is 18.9 Å². The first-order valence-corrected chi connectivity index (χ1v) is 9.06. The second-order valence-electron chi connectivity index (χ2n) is 6.65. The number of fused-ring (bicyclic) bond motifs is 1. The highest BCUT2D eigenvalue weighted by atomic mass is 16.6. The van der Waals surface area contributed by atoms with Crippen LogP contribution in [-0.2, 0) is 0 Å². The van der Waals surface area contributed by atoms with E-state index in [0.29, 0.717) is 39.6 Å². The van der Waals surface area contributed by atoms with Gasteiger partial charge in [-0.2, -0.15) is 0 Å². The molecule has 0 aliphatic carbocycles. The Balaban J connectivity index is 1.60. The average molecular weight is 403 g/mol. The highest BCUT2D eigenvalue weighted by Gasteiger charge is 2.16. The minimum absolute atomic E-state index is 0.0988. The second-order valence-corrected chi connectivity index (χ2v) is 6.65. The van der Waals surface area contributed by atoms with Crippen LogP contribution in [0.25, 0.3) is 22.6 Å². The first-order valence-electron chi connectivity index (χ1n) is 9.06. The Morgan fingerprint density at radius 3 is 2.73 bits per heavy atom. The normalized spacial score (nSPS) is 10.7. The summed E-state index contributed by atoms with van der Waals surface area (Å²) < 4.78 is 11.0. The topological polar surface area (TPSA) is 108 Å². The monoisotopic (exact) mass is 403 g/mol. The van der Waals surface area contributed by atoms with Gasteiger partial charge in [0.25, 0.3) is 11.6 Å². The maximum atomic E-state index is 12.6. The smallest absolute Gasteiger partial charge is 0.273 e. The molecule has 0 aliphatic heterocycles. The van der Waals surface area contributed by atoms with Crippen LogP contribution in [0.3, 0.4) is 0 Å². The van der Waals surface area contributed by atoms with Gasteiger partial charge in [-0.15, -0.1) is 0 Å². The maximum Gasteiger partial charge on any atom is 0.273 e. The summed E-state index contributed by atoms with van der Waals surface area (Å²) in [4.78, 5) is 27.7. The van der Waals surface area contributed by atoms with Crippen molar-refractivity contribution in [3.63, 3.8) is 0 Å². The number of nitrogens with one attached hydrogen (secondary N) is 1. The standard InChI is InChI=1S/C22H17N3O5/c1-13-6-7-14(11-19(13)25(27)28)21(26)23-16-5-3-4-15(10-16)22-24-18-12-17(29-2)8-9-20(18)30-22/h3-12H,1-2H3,(H,23,26). The summed E-state index contributed by atoms with van der Waals surface area (Å²) in [5, 5.41) is 13.9. The number of carbonyl (C=O) groups excluding carboxylic acids is 1. The van der Waals surface area contributed by atoms with E-state index in [1.807, 2.05) is 6.07 Å². The molecule has 0 atom stereocenters. The molecule has 0 bridgehead atoms. The molecule has 4 rings (SSSR count). The van der Waals surface area contributed by atoms with Crippen LogP contribution >= 0.6 is 0 Å². The van der Waals surface area contributed by atoms with Crippen LogP contribution in [0.4, 0.5) is 11.4 Å². The number of anilines is 1. The molecule has 30 heavy (non-hydrogen) atoms. The van der Waals surface area contributed by atoms with Crippen LogP contribution in [0.1, 0.15) is 15.9 Å². The van der Waals surface area contributed by atoms with Crippen molar-refractivity contribution in [2.45, 2.75) is 6.92 Å². The molecule has 0 saturated carbocycles. The van der Waals surface area contributed by atoms with Crippen LogP contribution in [0.15, 0.2) is 65.1 Å². The zero-order valence-electron chi connectivity index (χ0n) is 16.2. The van der Waals surface area contributed by atoms with E-state index in [-0.39, 0.29) is 11.3 Å². The third-order valence-electron chi connectivity index (χ3n) is 4.63. The number of hydrogen-bond acceptors (Lipinski definition) is 6. The van der Waals surface area contributed by atoms with Gasteiger partial charge in [0.15, 0.2) is 5.58 Å². The lowest BCUT2D eigenvalue weighted by Gasteiger charge is -2.07. The largest absolute Gasteiger partial charge is 0.497 e. The van der Waals surface area contributed by atoms with E-state index in [0.717, 1.165) is 0 Å². The van der Waals surface area contributed by atoms with Gasteiger partial charge in [-0.25, -0.2) is 4.98 Å². The molecule has 8 nitrogen and oxygen atoms in total. The fraction of sp³-hybridized carbons (Fsp3) is 0.0909. The van der Waals surface area contributed by atoms with Gasteiger partial charge in [-0.3, -0.25) is 14.9 Å². The number of rotatable bonds is 5. The Hall–Kier alpha value is -4.20. The summed E-state index contributed by atoms with van der Waals surface area (Å²) in [6.45, 7) is 1.62. The summed E-state index contributed by atoms with van der Waals surface area (Å²) in [5.74, 6) is 0.633. The minimum atomic E-state index is -0.505. The number of aromatic nitrogens is 1. The summed E-state index contributed by atoms with van der Waals surface area (Å²) in [5.41, 5.74) is 3.06. The molecular weight excluding hydrogens is 386 g/mol. The predicted octanol–water partition coefficient (Wildman–Crippen LogP) is 4.97. The van der Waals surface area contributed by atoms with E-state index in [2.05, 4.69) is 10.3 Å². The van der Waals surface area contributed by atoms with Crippen molar-refractivity contribution in [1.82, 2.24) is 4.98 Å². The molecule has 0 saturated heterocycles. The number of aryl methyl sites for hydroxylation is 1. The number of amides is 1. The molecule has 1 N–H and O–H groups in total. The Labute approximate surface area is 171 Å². The van der Waals surface area contributed by atoms with Crippen LogP contribution in [0.2, 0.25) is 0 Å². The highest BCUT2D eigenvalue weighted by molar-refractivity contribution is 6.05. The van der Waals surface area contributed by atoms with Crippen molar-refractivity contribution in [1.29, 1.82) is 0 Å². The van der Waals surface area contributed by atoms with Gasteiger partial charge < -0.3 is 14.5 Å². The maximum absolute atomic E-state index is 12.6.